The zero-order valence-corrected chi connectivity index (χ0v) is 21.8. The molecule has 0 aliphatic carbocycles. The standard InChI is InChI=1S/C26H27F3N5O2P/c1-15-8-22-32-16(2)20(9-17-6-4-5-7-21(17)36-23(27)37)34(22)12-19(15)18-10-30-24(31-11-18)33-13-26(35,14-33)25(3,28)29/h4-8,10-12,23,35H,9,13-14,37H2,1-3H3. The second-order valence-electron chi connectivity index (χ2n) is 9.54. The Morgan fingerprint density at radius 1 is 1.19 bits per heavy atom. The van der Waals surface area contributed by atoms with E-state index in [4.69, 9.17) is 9.72 Å². The molecule has 0 spiro atoms. The van der Waals surface area contributed by atoms with Crippen LogP contribution in [0.5, 0.6) is 5.75 Å². The van der Waals surface area contributed by atoms with Crippen LogP contribution in [0.1, 0.15) is 29.4 Å². The fourth-order valence-corrected chi connectivity index (χ4v) is 4.71. The minimum absolute atomic E-state index is 0.233. The first-order valence-corrected chi connectivity index (χ1v) is 12.4. The number of imidazole rings is 1. The van der Waals surface area contributed by atoms with Crippen LogP contribution in [-0.4, -0.2) is 55.2 Å². The summed E-state index contributed by atoms with van der Waals surface area (Å²) in [6.45, 7) is 4.15. The molecular formula is C26H27F3N5O2P. The van der Waals surface area contributed by atoms with Gasteiger partial charge in [-0.1, -0.05) is 27.4 Å². The van der Waals surface area contributed by atoms with Crippen LogP contribution in [0.15, 0.2) is 48.9 Å². The van der Waals surface area contributed by atoms with Gasteiger partial charge in [0.1, 0.15) is 11.4 Å². The third kappa shape index (κ3) is 4.76. The SMILES string of the molecule is Cc1cc2nc(C)c(Cc3ccccc3OC(F)P)n2cc1-c1cnc(N2CC(O)(C(C)(F)F)C2)nc1. The Morgan fingerprint density at radius 3 is 2.51 bits per heavy atom. The summed E-state index contributed by atoms with van der Waals surface area (Å²) in [5.74, 6) is -2.45. The number of nitrogens with zero attached hydrogens (tertiary/aromatic N) is 5. The second kappa shape index (κ2) is 9.26. The highest BCUT2D eigenvalue weighted by molar-refractivity contribution is 7.16. The molecule has 1 saturated heterocycles. The van der Waals surface area contributed by atoms with Gasteiger partial charge < -0.3 is 19.1 Å². The number of alkyl halides is 3. The number of aromatic nitrogens is 4. The Bertz CT molecular complexity index is 1450. The van der Waals surface area contributed by atoms with Crippen molar-refractivity contribution in [3.05, 3.63) is 71.4 Å². The molecule has 1 fully saturated rings. The van der Waals surface area contributed by atoms with Crippen LogP contribution in [0.4, 0.5) is 19.1 Å². The van der Waals surface area contributed by atoms with E-state index < -0.39 is 17.6 Å². The number of pyridine rings is 1. The van der Waals surface area contributed by atoms with Crippen molar-refractivity contribution in [3.63, 3.8) is 0 Å². The molecule has 2 atom stereocenters. The van der Waals surface area contributed by atoms with Crippen molar-refractivity contribution < 1.29 is 23.0 Å². The smallest absolute Gasteiger partial charge is 0.276 e. The summed E-state index contributed by atoms with van der Waals surface area (Å²) in [7, 11) is 1.99. The molecule has 0 saturated carbocycles. The predicted molar refractivity (Wildman–Crippen MR) is 138 cm³/mol. The van der Waals surface area contributed by atoms with Crippen molar-refractivity contribution in [2.75, 3.05) is 18.0 Å². The molecule has 3 aromatic heterocycles. The first-order valence-electron chi connectivity index (χ1n) is 11.8. The molecule has 2 unspecified atom stereocenters. The van der Waals surface area contributed by atoms with E-state index in [9.17, 15) is 18.3 Å². The lowest BCUT2D eigenvalue weighted by atomic mass is 9.88. The number of rotatable bonds is 7. The fourth-order valence-electron chi connectivity index (χ4n) is 4.56. The summed E-state index contributed by atoms with van der Waals surface area (Å²) in [4.78, 5) is 14.9. The van der Waals surface area contributed by atoms with Gasteiger partial charge in [-0.25, -0.2) is 23.7 Å². The van der Waals surface area contributed by atoms with Gasteiger partial charge >= 0.3 is 0 Å². The topological polar surface area (TPSA) is 75.8 Å². The summed E-state index contributed by atoms with van der Waals surface area (Å²) in [6.07, 6.45) is 4.23. The van der Waals surface area contributed by atoms with Crippen molar-refractivity contribution in [1.29, 1.82) is 0 Å². The number of aliphatic hydroxyl groups is 1. The van der Waals surface area contributed by atoms with Crippen LogP contribution in [-0.2, 0) is 6.42 Å². The van der Waals surface area contributed by atoms with Gasteiger partial charge in [-0.2, -0.15) is 4.39 Å². The van der Waals surface area contributed by atoms with E-state index >= 15 is 0 Å². The largest absolute Gasteiger partial charge is 0.457 e. The maximum absolute atomic E-state index is 13.6. The molecule has 7 nitrogen and oxygen atoms in total. The number of benzene rings is 1. The van der Waals surface area contributed by atoms with Gasteiger partial charge in [0.2, 0.25) is 12.0 Å². The third-order valence-electron chi connectivity index (χ3n) is 6.79. The zero-order chi connectivity index (χ0) is 26.5. The lowest BCUT2D eigenvalue weighted by Gasteiger charge is -2.48. The van der Waals surface area contributed by atoms with Gasteiger partial charge in [0.25, 0.3) is 5.92 Å². The molecule has 1 aliphatic heterocycles. The number of aryl methyl sites for hydroxylation is 2. The third-order valence-corrected chi connectivity index (χ3v) is 6.93. The van der Waals surface area contributed by atoms with Crippen molar-refractivity contribution in [2.24, 2.45) is 0 Å². The van der Waals surface area contributed by atoms with Crippen molar-refractivity contribution in [1.82, 2.24) is 19.4 Å². The van der Waals surface area contributed by atoms with Gasteiger partial charge in [-0.15, -0.1) is 0 Å². The monoisotopic (exact) mass is 529 g/mol. The number of β-amino-alcohol motifs (C(OH)–C–C–N with tert-alkyl or cyclic N) is 1. The summed E-state index contributed by atoms with van der Waals surface area (Å²) in [5.41, 5.74) is 3.93. The van der Waals surface area contributed by atoms with E-state index in [-0.39, 0.29) is 19.0 Å². The number of hydrogen-bond acceptors (Lipinski definition) is 6. The number of para-hydroxylation sites is 1. The van der Waals surface area contributed by atoms with Gasteiger partial charge in [0.05, 0.1) is 18.8 Å². The lowest BCUT2D eigenvalue weighted by molar-refractivity contribution is -0.181. The Morgan fingerprint density at radius 2 is 1.86 bits per heavy atom. The normalized spacial score (nSPS) is 16.1. The predicted octanol–water partition coefficient (Wildman–Crippen LogP) is 4.71. The van der Waals surface area contributed by atoms with Crippen LogP contribution >= 0.6 is 9.24 Å². The summed E-state index contributed by atoms with van der Waals surface area (Å²) in [6, 6.07) is 9.29. The molecule has 11 heteroatoms. The number of halogens is 3. The maximum Gasteiger partial charge on any atom is 0.276 e. The summed E-state index contributed by atoms with van der Waals surface area (Å²) >= 11 is 0. The van der Waals surface area contributed by atoms with Crippen LogP contribution in [0.2, 0.25) is 0 Å². The van der Waals surface area contributed by atoms with E-state index in [1.54, 1.807) is 24.5 Å². The highest BCUT2D eigenvalue weighted by Gasteiger charge is 2.57. The van der Waals surface area contributed by atoms with E-state index in [0.717, 1.165) is 39.3 Å². The van der Waals surface area contributed by atoms with Crippen LogP contribution < -0.4 is 9.64 Å². The quantitative estimate of drug-likeness (QED) is 0.350. The Kier molecular flexibility index (Phi) is 6.36. The number of anilines is 1. The van der Waals surface area contributed by atoms with E-state index in [1.165, 1.54) is 4.90 Å². The molecule has 1 aromatic carbocycles. The molecule has 1 aliphatic rings. The molecule has 0 radical (unpaired) electrons. The molecule has 0 amide bonds. The first-order chi connectivity index (χ1) is 17.4. The average Bonchev–Trinajstić information content (AvgIpc) is 3.10. The summed E-state index contributed by atoms with van der Waals surface area (Å²) < 4.78 is 48.0. The second-order valence-corrected chi connectivity index (χ2v) is 10.1. The van der Waals surface area contributed by atoms with Gasteiger partial charge in [-0.3, -0.25) is 0 Å². The molecule has 4 aromatic rings. The Hall–Kier alpha value is -3.23. The number of fused-ring (bicyclic) bond motifs is 1. The van der Waals surface area contributed by atoms with Gasteiger partial charge in [-0.05, 0) is 31.5 Å². The maximum atomic E-state index is 13.6. The highest BCUT2D eigenvalue weighted by Crippen LogP contribution is 2.38. The van der Waals surface area contributed by atoms with Gasteiger partial charge in [0, 0.05) is 54.3 Å². The minimum Gasteiger partial charge on any atom is -0.457 e. The van der Waals surface area contributed by atoms with E-state index in [1.807, 2.05) is 51.9 Å². The first kappa shape index (κ1) is 25.4. The molecular weight excluding hydrogens is 502 g/mol. The van der Waals surface area contributed by atoms with Crippen LogP contribution in [0.3, 0.4) is 0 Å². The molecule has 0 bridgehead atoms. The number of ether oxygens (including phenoxy) is 1. The lowest BCUT2D eigenvalue weighted by Crippen LogP contribution is -2.70. The van der Waals surface area contributed by atoms with Crippen LogP contribution in [0.25, 0.3) is 16.8 Å². The van der Waals surface area contributed by atoms with Gasteiger partial charge in [0.15, 0.2) is 5.60 Å². The van der Waals surface area contributed by atoms with E-state index in [2.05, 4.69) is 9.97 Å². The van der Waals surface area contributed by atoms with Crippen molar-refractivity contribution >= 4 is 20.8 Å². The Balaban J connectivity index is 1.44. The molecule has 4 heterocycles. The highest BCUT2D eigenvalue weighted by atomic mass is 31.0. The number of hydrogen-bond donors (Lipinski definition) is 1. The minimum atomic E-state index is -3.20. The van der Waals surface area contributed by atoms with Crippen molar-refractivity contribution in [3.8, 4) is 16.9 Å². The van der Waals surface area contributed by atoms with Crippen LogP contribution in [0, 0.1) is 13.8 Å². The molecule has 194 valence electrons. The van der Waals surface area contributed by atoms with E-state index in [0.29, 0.717) is 19.1 Å². The molecule has 37 heavy (non-hydrogen) atoms. The Labute approximate surface area is 214 Å². The van der Waals surface area contributed by atoms with Crippen molar-refractivity contribution in [2.45, 2.75) is 44.8 Å². The molecule has 1 N–H and O–H groups in total. The molecule has 5 rings (SSSR count). The zero-order valence-electron chi connectivity index (χ0n) is 20.6. The summed E-state index contributed by atoms with van der Waals surface area (Å²) in [5, 5.41) is 10.1. The average molecular weight is 530 g/mol. The fraction of sp³-hybridized carbons (Fsp3) is 0.346.